The first-order chi connectivity index (χ1) is 24.7. The standard InChI is InChI=1S/C37H40N8O6/c46-32-22-41-36(50)31-13-7-15-45(31)37(51)30(17-24-10-6-14-38-19-24)43-33(47)21-40-34(48)29(18-25-20-39-27-12-5-4-11-26(25)27)44-35(49)28(42-32)16-23-8-2-1-3-9-23/h1-6,8-12,14,19-20,28-31,39H,7,13,15-18,21-22H2,(H,40,48)(H,41,50)(H,42,46)(H,43,47)(H,44,49)/t28-,29+,30+,31+/m1/s1. The van der Waals surface area contributed by atoms with Crippen LogP contribution in [0.15, 0.2) is 85.3 Å². The van der Waals surface area contributed by atoms with Crippen molar-refractivity contribution in [2.75, 3.05) is 19.6 Å². The quantitative estimate of drug-likeness (QED) is 0.167. The molecule has 6 N–H and O–H groups in total. The zero-order valence-electron chi connectivity index (χ0n) is 27.9. The number of H-pyrrole nitrogens is 1. The van der Waals surface area contributed by atoms with Crippen molar-refractivity contribution in [3.8, 4) is 0 Å². The number of carbonyl (C=O) groups is 6. The minimum Gasteiger partial charge on any atom is -0.361 e. The number of fused-ring (bicyclic) bond motifs is 2. The molecule has 2 aromatic heterocycles. The summed E-state index contributed by atoms with van der Waals surface area (Å²) in [7, 11) is 0. The van der Waals surface area contributed by atoms with Crippen LogP contribution < -0.4 is 26.6 Å². The molecule has 14 nitrogen and oxygen atoms in total. The van der Waals surface area contributed by atoms with E-state index in [1.54, 1.807) is 30.7 Å². The van der Waals surface area contributed by atoms with E-state index >= 15 is 0 Å². The monoisotopic (exact) mass is 692 g/mol. The summed E-state index contributed by atoms with van der Waals surface area (Å²) < 4.78 is 0. The highest BCUT2D eigenvalue weighted by molar-refractivity contribution is 5.97. The van der Waals surface area contributed by atoms with E-state index in [-0.39, 0.29) is 25.8 Å². The van der Waals surface area contributed by atoms with E-state index < -0.39 is 72.7 Å². The maximum atomic E-state index is 13.9. The molecule has 2 saturated heterocycles. The number of hydrogen-bond acceptors (Lipinski definition) is 7. The Balaban J connectivity index is 1.29. The van der Waals surface area contributed by atoms with Crippen molar-refractivity contribution in [2.24, 2.45) is 0 Å². The molecule has 2 aliphatic rings. The summed E-state index contributed by atoms with van der Waals surface area (Å²) in [6.45, 7) is -0.636. The molecule has 0 saturated carbocycles. The lowest BCUT2D eigenvalue weighted by atomic mass is 10.0. The minimum atomic E-state index is -1.14. The van der Waals surface area contributed by atoms with E-state index in [9.17, 15) is 28.8 Å². The van der Waals surface area contributed by atoms with Gasteiger partial charge in [0.05, 0.1) is 13.1 Å². The van der Waals surface area contributed by atoms with Crippen LogP contribution in [0.25, 0.3) is 10.9 Å². The van der Waals surface area contributed by atoms with Gasteiger partial charge in [-0.25, -0.2) is 0 Å². The van der Waals surface area contributed by atoms with Crippen LogP contribution in [0, 0.1) is 0 Å². The average Bonchev–Trinajstić information content (AvgIpc) is 3.80. The first kappa shape index (κ1) is 34.8. The van der Waals surface area contributed by atoms with Gasteiger partial charge in [-0.15, -0.1) is 0 Å². The summed E-state index contributed by atoms with van der Waals surface area (Å²) in [5.41, 5.74) is 3.05. The molecule has 0 bridgehead atoms. The first-order valence-electron chi connectivity index (χ1n) is 17.0. The summed E-state index contributed by atoms with van der Waals surface area (Å²) in [5.74, 6) is -3.47. The zero-order valence-corrected chi connectivity index (χ0v) is 27.9. The fraction of sp³-hybridized carbons (Fsp3) is 0.324. The molecule has 0 radical (unpaired) electrons. The molecule has 2 aromatic carbocycles. The SMILES string of the molecule is O=C1CNC(=O)[C@H](Cc2c[nH]c3ccccc23)NC(=O)[C@@H](Cc2ccccc2)NC(=O)CNC(=O)[C@@H]2CCCN2C(=O)[C@H](Cc2cccnc2)N1. The summed E-state index contributed by atoms with van der Waals surface area (Å²) in [4.78, 5) is 90.3. The van der Waals surface area contributed by atoms with Crippen molar-refractivity contribution in [1.29, 1.82) is 0 Å². The number of aromatic nitrogens is 2. The van der Waals surface area contributed by atoms with E-state index in [1.807, 2.05) is 54.6 Å². The average molecular weight is 693 g/mol. The van der Waals surface area contributed by atoms with Crippen molar-refractivity contribution >= 4 is 46.3 Å². The van der Waals surface area contributed by atoms with Crippen LogP contribution in [-0.4, -0.2) is 94.1 Å². The van der Waals surface area contributed by atoms with Gasteiger partial charge in [0.1, 0.15) is 24.2 Å². The molecule has 2 fully saturated rings. The van der Waals surface area contributed by atoms with E-state index in [0.717, 1.165) is 22.0 Å². The number of nitrogens with zero attached hydrogens (tertiary/aromatic N) is 2. The van der Waals surface area contributed by atoms with Gasteiger partial charge in [-0.05, 0) is 41.7 Å². The second-order valence-electron chi connectivity index (χ2n) is 12.7. The number of pyridine rings is 1. The van der Waals surface area contributed by atoms with Gasteiger partial charge in [0.25, 0.3) is 0 Å². The third-order valence-corrected chi connectivity index (χ3v) is 9.15. The third-order valence-electron chi connectivity index (χ3n) is 9.15. The number of aromatic amines is 1. The van der Waals surface area contributed by atoms with E-state index in [4.69, 9.17) is 0 Å². The largest absolute Gasteiger partial charge is 0.361 e. The molecule has 14 heteroatoms. The second kappa shape index (κ2) is 16.1. The highest BCUT2D eigenvalue weighted by Crippen LogP contribution is 2.21. The van der Waals surface area contributed by atoms with E-state index in [1.165, 1.54) is 4.90 Å². The minimum absolute atomic E-state index is 0.0731. The topological polar surface area (TPSA) is 194 Å². The van der Waals surface area contributed by atoms with Crippen LogP contribution in [0.1, 0.15) is 29.5 Å². The molecule has 4 aromatic rings. The molecular weight excluding hydrogens is 652 g/mol. The van der Waals surface area contributed by atoms with Crippen LogP contribution in [0.5, 0.6) is 0 Å². The summed E-state index contributed by atoms with van der Waals surface area (Å²) in [5, 5.41) is 14.4. The number of rotatable bonds is 6. The maximum Gasteiger partial charge on any atom is 0.246 e. The Morgan fingerprint density at radius 3 is 2.10 bits per heavy atom. The van der Waals surface area contributed by atoms with Gasteiger partial charge in [0.15, 0.2) is 0 Å². The Morgan fingerprint density at radius 2 is 1.33 bits per heavy atom. The van der Waals surface area contributed by atoms with Crippen LogP contribution >= 0.6 is 0 Å². The van der Waals surface area contributed by atoms with Gasteiger partial charge < -0.3 is 36.5 Å². The van der Waals surface area contributed by atoms with Gasteiger partial charge in [-0.1, -0.05) is 54.6 Å². The van der Waals surface area contributed by atoms with Crippen LogP contribution in [0.4, 0.5) is 0 Å². The summed E-state index contributed by atoms with van der Waals surface area (Å²) in [6.07, 6.45) is 6.15. The molecular formula is C37H40N8O6. The number of amides is 6. The number of hydrogen-bond donors (Lipinski definition) is 6. The molecule has 6 rings (SSSR count). The van der Waals surface area contributed by atoms with Crippen LogP contribution in [0.2, 0.25) is 0 Å². The predicted molar refractivity (Wildman–Crippen MR) is 187 cm³/mol. The lowest BCUT2D eigenvalue weighted by Gasteiger charge is -2.29. The first-order valence-corrected chi connectivity index (χ1v) is 17.0. The fourth-order valence-corrected chi connectivity index (χ4v) is 6.59. The summed E-state index contributed by atoms with van der Waals surface area (Å²) >= 11 is 0. The lowest BCUT2D eigenvalue weighted by molar-refractivity contribution is -0.141. The normalized spacial score (nSPS) is 22.5. The molecule has 0 aliphatic carbocycles. The van der Waals surface area contributed by atoms with Gasteiger partial charge in [0, 0.05) is 55.3 Å². The third kappa shape index (κ3) is 8.76. The highest BCUT2D eigenvalue weighted by atomic mass is 16.2. The Bertz CT molecular complexity index is 1900. The Labute approximate surface area is 294 Å². The molecule has 264 valence electrons. The predicted octanol–water partition coefficient (Wildman–Crippen LogP) is 0.282. The summed E-state index contributed by atoms with van der Waals surface area (Å²) in [6, 6.07) is 15.9. The second-order valence-corrected chi connectivity index (χ2v) is 12.7. The molecule has 4 heterocycles. The van der Waals surface area contributed by atoms with Gasteiger partial charge in [-0.3, -0.25) is 33.8 Å². The fourth-order valence-electron chi connectivity index (χ4n) is 6.59. The van der Waals surface area contributed by atoms with Crippen molar-refractivity contribution in [3.63, 3.8) is 0 Å². The Hall–Kier alpha value is -6.05. The van der Waals surface area contributed by atoms with Crippen molar-refractivity contribution in [1.82, 2.24) is 41.5 Å². The van der Waals surface area contributed by atoms with E-state index in [2.05, 4.69) is 36.6 Å². The highest BCUT2D eigenvalue weighted by Gasteiger charge is 2.38. The molecule has 6 amide bonds. The van der Waals surface area contributed by atoms with Gasteiger partial charge in [0.2, 0.25) is 35.4 Å². The van der Waals surface area contributed by atoms with E-state index in [0.29, 0.717) is 18.4 Å². The molecule has 4 atom stereocenters. The number of para-hydroxylation sites is 1. The number of nitrogens with one attached hydrogen (secondary N) is 6. The van der Waals surface area contributed by atoms with Crippen molar-refractivity contribution in [3.05, 3.63) is 102 Å². The number of carbonyl (C=O) groups excluding carboxylic acids is 6. The molecule has 0 unspecified atom stereocenters. The smallest absolute Gasteiger partial charge is 0.246 e. The molecule has 51 heavy (non-hydrogen) atoms. The Kier molecular flexibility index (Phi) is 11.0. The molecule has 0 spiro atoms. The zero-order chi connectivity index (χ0) is 35.7. The van der Waals surface area contributed by atoms with Gasteiger partial charge in [-0.2, -0.15) is 0 Å². The molecule has 2 aliphatic heterocycles. The van der Waals surface area contributed by atoms with Crippen LogP contribution in [-0.2, 0) is 48.0 Å². The van der Waals surface area contributed by atoms with Crippen molar-refractivity contribution < 1.29 is 28.8 Å². The Morgan fingerprint density at radius 1 is 0.667 bits per heavy atom. The maximum absolute atomic E-state index is 13.9. The van der Waals surface area contributed by atoms with Crippen molar-refractivity contribution in [2.45, 2.75) is 56.3 Å². The van der Waals surface area contributed by atoms with Crippen LogP contribution in [0.3, 0.4) is 0 Å². The lowest BCUT2D eigenvalue weighted by Crippen LogP contribution is -2.58. The van der Waals surface area contributed by atoms with Gasteiger partial charge >= 0.3 is 0 Å². The number of benzene rings is 2.